The second-order valence-electron chi connectivity index (χ2n) is 6.24. The molecule has 2 aromatic rings. The summed E-state index contributed by atoms with van der Waals surface area (Å²) in [7, 11) is 0. The van der Waals surface area contributed by atoms with Crippen molar-refractivity contribution in [1.82, 2.24) is 0 Å². The fourth-order valence-corrected chi connectivity index (χ4v) is 2.01. The van der Waals surface area contributed by atoms with Crippen LogP contribution in [0.1, 0.15) is 44.9 Å². The Bertz CT molecular complexity index is 610. The van der Waals surface area contributed by atoms with Crippen LogP contribution in [0.2, 0.25) is 0 Å². The highest BCUT2D eigenvalue weighted by Gasteiger charge is 2.14. The van der Waals surface area contributed by atoms with Crippen molar-refractivity contribution in [2.75, 3.05) is 0 Å². The zero-order valence-corrected chi connectivity index (χ0v) is 12.9. The van der Waals surface area contributed by atoms with Crippen molar-refractivity contribution in [3.63, 3.8) is 0 Å². The zero-order chi connectivity index (χ0) is 15.6. The standard InChI is InChI=1S/C18H21FO2/c1-12(20)13-5-10-17(16(19)11-13)21-15-8-6-14(7-9-15)18(2,3)4/h5-12,20H,1-4H3/t12-/m1/s1. The first-order valence-electron chi connectivity index (χ1n) is 7.03. The van der Waals surface area contributed by atoms with Gasteiger partial charge in [0, 0.05) is 0 Å². The Labute approximate surface area is 125 Å². The van der Waals surface area contributed by atoms with Gasteiger partial charge in [0.15, 0.2) is 11.6 Å². The monoisotopic (exact) mass is 288 g/mol. The number of benzene rings is 2. The van der Waals surface area contributed by atoms with Crippen molar-refractivity contribution in [1.29, 1.82) is 0 Å². The highest BCUT2D eigenvalue weighted by atomic mass is 19.1. The van der Waals surface area contributed by atoms with E-state index in [-0.39, 0.29) is 11.2 Å². The van der Waals surface area contributed by atoms with Crippen molar-refractivity contribution in [3.05, 3.63) is 59.4 Å². The van der Waals surface area contributed by atoms with E-state index in [1.165, 1.54) is 17.7 Å². The van der Waals surface area contributed by atoms with Gasteiger partial charge in [-0.05, 0) is 47.7 Å². The first kappa shape index (κ1) is 15.5. The van der Waals surface area contributed by atoms with Crippen molar-refractivity contribution in [3.8, 4) is 11.5 Å². The Morgan fingerprint density at radius 2 is 1.67 bits per heavy atom. The fraction of sp³-hybridized carbons (Fsp3) is 0.333. The lowest BCUT2D eigenvalue weighted by molar-refractivity contribution is 0.198. The van der Waals surface area contributed by atoms with Crippen LogP contribution in [0.15, 0.2) is 42.5 Å². The first-order valence-corrected chi connectivity index (χ1v) is 7.03. The Balaban J connectivity index is 2.19. The van der Waals surface area contributed by atoms with Gasteiger partial charge in [-0.15, -0.1) is 0 Å². The third kappa shape index (κ3) is 3.82. The maximum Gasteiger partial charge on any atom is 0.166 e. The molecular formula is C18H21FO2. The summed E-state index contributed by atoms with van der Waals surface area (Å²) >= 11 is 0. The molecule has 1 atom stereocenters. The lowest BCUT2D eigenvalue weighted by atomic mass is 9.87. The quantitative estimate of drug-likeness (QED) is 0.864. The molecule has 0 unspecified atom stereocenters. The van der Waals surface area contributed by atoms with Crippen molar-refractivity contribution in [2.24, 2.45) is 0 Å². The van der Waals surface area contributed by atoms with Crippen LogP contribution in [0.3, 0.4) is 0 Å². The van der Waals surface area contributed by atoms with Gasteiger partial charge < -0.3 is 9.84 Å². The lowest BCUT2D eigenvalue weighted by Crippen LogP contribution is -2.10. The highest BCUT2D eigenvalue weighted by Crippen LogP contribution is 2.29. The lowest BCUT2D eigenvalue weighted by Gasteiger charge is -2.19. The molecule has 2 nitrogen and oxygen atoms in total. The van der Waals surface area contributed by atoms with E-state index in [2.05, 4.69) is 20.8 Å². The number of aliphatic hydroxyl groups is 1. The molecule has 0 saturated carbocycles. The average molecular weight is 288 g/mol. The third-order valence-electron chi connectivity index (χ3n) is 3.39. The van der Waals surface area contributed by atoms with E-state index in [0.29, 0.717) is 11.3 Å². The summed E-state index contributed by atoms with van der Waals surface area (Å²) in [5, 5.41) is 9.43. The van der Waals surface area contributed by atoms with E-state index < -0.39 is 11.9 Å². The van der Waals surface area contributed by atoms with Gasteiger partial charge in [-0.25, -0.2) is 4.39 Å². The van der Waals surface area contributed by atoms with Gasteiger partial charge in [0.25, 0.3) is 0 Å². The van der Waals surface area contributed by atoms with Crippen LogP contribution in [-0.4, -0.2) is 5.11 Å². The molecule has 0 aliphatic heterocycles. The summed E-state index contributed by atoms with van der Waals surface area (Å²) in [5.41, 5.74) is 1.80. The molecule has 0 radical (unpaired) electrons. The summed E-state index contributed by atoms with van der Waals surface area (Å²) in [6.45, 7) is 8.01. The number of hydrogen-bond donors (Lipinski definition) is 1. The van der Waals surface area contributed by atoms with Crippen LogP contribution in [0.25, 0.3) is 0 Å². The van der Waals surface area contributed by atoms with Crippen LogP contribution >= 0.6 is 0 Å². The van der Waals surface area contributed by atoms with Gasteiger partial charge >= 0.3 is 0 Å². The van der Waals surface area contributed by atoms with Crippen molar-refractivity contribution in [2.45, 2.75) is 39.2 Å². The highest BCUT2D eigenvalue weighted by molar-refractivity contribution is 5.37. The Morgan fingerprint density at radius 3 is 2.14 bits per heavy atom. The predicted octanol–water partition coefficient (Wildman–Crippen LogP) is 4.97. The molecule has 0 saturated heterocycles. The van der Waals surface area contributed by atoms with Crippen LogP contribution in [-0.2, 0) is 5.41 Å². The molecule has 0 aliphatic carbocycles. The van der Waals surface area contributed by atoms with Gasteiger partial charge in [0.2, 0.25) is 0 Å². The molecule has 2 aromatic carbocycles. The first-order chi connectivity index (χ1) is 9.77. The van der Waals surface area contributed by atoms with Gasteiger partial charge in [-0.3, -0.25) is 0 Å². The number of ether oxygens (including phenoxy) is 1. The molecule has 2 rings (SSSR count). The normalized spacial score (nSPS) is 13.0. The zero-order valence-electron chi connectivity index (χ0n) is 12.9. The fourth-order valence-electron chi connectivity index (χ4n) is 2.01. The van der Waals surface area contributed by atoms with Crippen LogP contribution in [0.5, 0.6) is 11.5 Å². The van der Waals surface area contributed by atoms with E-state index in [9.17, 15) is 9.50 Å². The maximum atomic E-state index is 13.9. The van der Waals surface area contributed by atoms with Crippen LogP contribution in [0.4, 0.5) is 4.39 Å². The van der Waals surface area contributed by atoms with Crippen molar-refractivity contribution >= 4 is 0 Å². The minimum atomic E-state index is -0.695. The summed E-state index contributed by atoms with van der Waals surface area (Å²) in [4.78, 5) is 0. The number of rotatable bonds is 3. The summed E-state index contributed by atoms with van der Waals surface area (Å²) in [6, 6.07) is 12.1. The summed E-state index contributed by atoms with van der Waals surface area (Å²) in [6.07, 6.45) is -0.695. The molecule has 1 N–H and O–H groups in total. The molecule has 0 aliphatic rings. The Hall–Kier alpha value is -1.87. The molecule has 0 bridgehead atoms. The minimum absolute atomic E-state index is 0.0721. The Kier molecular flexibility index (Phi) is 4.33. The number of hydrogen-bond acceptors (Lipinski definition) is 2. The Morgan fingerprint density at radius 1 is 1.05 bits per heavy atom. The van der Waals surface area contributed by atoms with Gasteiger partial charge in [0.1, 0.15) is 5.75 Å². The van der Waals surface area contributed by atoms with Crippen LogP contribution < -0.4 is 4.74 Å². The molecule has 3 heteroatoms. The second-order valence-corrected chi connectivity index (χ2v) is 6.24. The molecule has 0 spiro atoms. The van der Waals surface area contributed by atoms with E-state index in [0.717, 1.165) is 0 Å². The van der Waals surface area contributed by atoms with Gasteiger partial charge in [-0.2, -0.15) is 0 Å². The van der Waals surface area contributed by atoms with Crippen LogP contribution in [0, 0.1) is 5.82 Å². The van der Waals surface area contributed by atoms with E-state index in [1.54, 1.807) is 13.0 Å². The van der Waals surface area contributed by atoms with E-state index in [4.69, 9.17) is 4.74 Å². The molecule has 0 heterocycles. The number of aliphatic hydroxyl groups excluding tert-OH is 1. The molecule has 0 aromatic heterocycles. The average Bonchev–Trinajstić information content (AvgIpc) is 2.40. The van der Waals surface area contributed by atoms with Gasteiger partial charge in [0.05, 0.1) is 6.10 Å². The number of halogens is 1. The minimum Gasteiger partial charge on any atom is -0.454 e. The summed E-state index contributed by atoms with van der Waals surface area (Å²) < 4.78 is 19.5. The molecule has 21 heavy (non-hydrogen) atoms. The topological polar surface area (TPSA) is 29.5 Å². The largest absolute Gasteiger partial charge is 0.454 e. The molecule has 112 valence electrons. The molecule has 0 amide bonds. The third-order valence-corrected chi connectivity index (χ3v) is 3.39. The SMILES string of the molecule is C[C@@H](O)c1ccc(Oc2ccc(C(C)(C)C)cc2)c(F)c1. The van der Waals surface area contributed by atoms with E-state index >= 15 is 0 Å². The summed E-state index contributed by atoms with van der Waals surface area (Å²) in [5.74, 6) is 0.267. The smallest absolute Gasteiger partial charge is 0.166 e. The second kappa shape index (κ2) is 5.86. The van der Waals surface area contributed by atoms with E-state index in [1.807, 2.05) is 24.3 Å². The molecule has 0 fully saturated rings. The maximum absolute atomic E-state index is 13.9. The van der Waals surface area contributed by atoms with Crippen molar-refractivity contribution < 1.29 is 14.2 Å². The predicted molar refractivity (Wildman–Crippen MR) is 82.2 cm³/mol. The molecular weight excluding hydrogens is 267 g/mol. The van der Waals surface area contributed by atoms with Gasteiger partial charge in [-0.1, -0.05) is 39.0 Å².